The molecule has 22 heteroatoms. The molecule has 0 radical (unpaired) electrons. The Bertz CT molecular complexity index is 926. The van der Waals surface area contributed by atoms with E-state index in [1.807, 2.05) is 0 Å². The van der Waals surface area contributed by atoms with Gasteiger partial charge in [0.1, 0.15) is 15.4 Å². The lowest BCUT2D eigenvalue weighted by molar-refractivity contribution is -0.921. The van der Waals surface area contributed by atoms with Crippen molar-refractivity contribution in [3.8, 4) is 0 Å². The Kier molecular flexibility index (Phi) is 12.0. The van der Waals surface area contributed by atoms with Crippen LogP contribution < -0.4 is 0 Å². The summed E-state index contributed by atoms with van der Waals surface area (Å²) in [6.07, 6.45) is -7.87. The van der Waals surface area contributed by atoms with Gasteiger partial charge in [-0.3, -0.25) is 0 Å². The minimum absolute atomic E-state index is 0.838. The predicted octanol–water partition coefficient (Wildman–Crippen LogP) is 6.81. The van der Waals surface area contributed by atoms with Crippen LogP contribution in [0.2, 0.25) is 0 Å². The highest BCUT2D eigenvalue weighted by atomic mass is 32.2. The first-order valence-electron chi connectivity index (χ1n) is 10.7. The van der Waals surface area contributed by atoms with Gasteiger partial charge in [-0.25, -0.2) is 8.42 Å². The van der Waals surface area contributed by atoms with Gasteiger partial charge in [-0.2, -0.15) is 74.6 Å². The van der Waals surface area contributed by atoms with Gasteiger partial charge in [0, 0.05) is 0 Å². The van der Waals surface area contributed by atoms with Crippen LogP contribution in [0, 0.1) is 0 Å². The Morgan fingerprint density at radius 1 is 0.525 bits per heavy atom. The zero-order valence-electron chi connectivity index (χ0n) is 20.9. The average molecular weight is 657 g/mol. The Morgan fingerprint density at radius 3 is 0.925 bits per heavy atom. The molecule has 0 N–H and O–H groups in total. The summed E-state index contributed by atoms with van der Waals surface area (Å²) in [5.41, 5.74) is 0. The van der Waals surface area contributed by atoms with E-state index in [0.717, 1.165) is 0 Å². The normalized spacial score (nSPS) is 16.4. The Morgan fingerprint density at radius 2 is 0.750 bits per heavy atom. The van der Waals surface area contributed by atoms with E-state index in [9.17, 15) is 87.6 Å². The van der Waals surface area contributed by atoms with Crippen LogP contribution in [0.1, 0.15) is 34.6 Å². The molecule has 0 bridgehead atoms. The maximum Gasteiger partial charge on any atom is 0.460 e. The number of rotatable bonds is 12. The molecule has 0 aliphatic heterocycles. The SMILES string of the molecule is CC(C(F)(F)C(F)(F)C(F)(F)C(F)(F)C(F)(F)C(F)(F)C(F)(F)C(F)(F)F)S(=O)(=O)[O-].CC[N+](CC)(CC)CC. The third-order valence-corrected chi connectivity index (χ3v) is 7.54. The quantitative estimate of drug-likeness (QED) is 0.132. The monoisotopic (exact) mass is 657 g/mol. The summed E-state index contributed by atoms with van der Waals surface area (Å²) >= 11 is 0. The fraction of sp³-hybridized carbons (Fsp3) is 1.00. The topological polar surface area (TPSA) is 57.2 Å². The van der Waals surface area contributed by atoms with Crippen molar-refractivity contribution in [2.75, 3.05) is 26.2 Å². The maximum atomic E-state index is 13.3. The van der Waals surface area contributed by atoms with Gasteiger partial charge in [-0.1, -0.05) is 0 Å². The summed E-state index contributed by atoms with van der Waals surface area (Å²) in [5, 5.41) is -4.64. The van der Waals surface area contributed by atoms with Gasteiger partial charge in [-0.05, 0) is 34.6 Å². The van der Waals surface area contributed by atoms with Gasteiger partial charge in [0.25, 0.3) is 0 Å². The molecule has 4 nitrogen and oxygen atoms in total. The number of quaternary nitrogens is 1. The molecular weight excluding hydrogens is 633 g/mol. The summed E-state index contributed by atoms with van der Waals surface area (Å²) in [4.78, 5) is 0. The average Bonchev–Trinajstić information content (AvgIpc) is 2.78. The number of nitrogens with zero attached hydrogens (tertiary/aromatic N) is 1. The molecule has 0 rings (SSSR count). The largest absolute Gasteiger partial charge is 0.748 e. The van der Waals surface area contributed by atoms with Crippen LogP contribution in [0.4, 0.5) is 74.6 Å². The third kappa shape index (κ3) is 6.36. The van der Waals surface area contributed by atoms with Gasteiger partial charge in [0.05, 0.1) is 26.2 Å². The standard InChI is InChI=1S/C10H5F17O3S.C8H20N/c1-2(31(28,29)30)3(11,12)4(13,14)5(15,16)6(17,18)7(19,20)8(21,22)9(23,24)10(25,26)27;1-5-9(6-2,7-3)8-4/h2H,1H3,(H,28,29,30);5-8H2,1-4H3/q;+1/p-1. The molecule has 0 fully saturated rings. The molecule has 244 valence electrons. The summed E-state index contributed by atoms with van der Waals surface area (Å²) in [7, 11) is -6.82. The second-order valence-corrected chi connectivity index (χ2v) is 10.0. The van der Waals surface area contributed by atoms with E-state index in [4.69, 9.17) is 0 Å². The second kappa shape index (κ2) is 11.8. The predicted molar refractivity (Wildman–Crippen MR) is 102 cm³/mol. The van der Waals surface area contributed by atoms with Gasteiger partial charge in [0.2, 0.25) is 0 Å². The second-order valence-electron chi connectivity index (χ2n) is 8.31. The van der Waals surface area contributed by atoms with Crippen LogP contribution in [-0.4, -0.2) is 96.5 Å². The van der Waals surface area contributed by atoms with Crippen molar-refractivity contribution in [1.82, 2.24) is 0 Å². The van der Waals surface area contributed by atoms with E-state index in [2.05, 4.69) is 27.7 Å². The molecule has 0 aliphatic rings. The minimum atomic E-state index is -8.82. The van der Waals surface area contributed by atoms with Crippen molar-refractivity contribution in [1.29, 1.82) is 0 Å². The Labute approximate surface area is 216 Å². The van der Waals surface area contributed by atoms with Gasteiger partial charge >= 0.3 is 47.6 Å². The van der Waals surface area contributed by atoms with Crippen molar-refractivity contribution in [2.24, 2.45) is 0 Å². The fourth-order valence-electron chi connectivity index (χ4n) is 2.95. The van der Waals surface area contributed by atoms with E-state index in [1.165, 1.54) is 30.7 Å². The van der Waals surface area contributed by atoms with E-state index in [0.29, 0.717) is 0 Å². The van der Waals surface area contributed by atoms with Crippen molar-refractivity contribution in [3.63, 3.8) is 0 Å². The number of alkyl halides is 17. The van der Waals surface area contributed by atoms with Crippen molar-refractivity contribution < 1.29 is 92.1 Å². The first-order valence-corrected chi connectivity index (χ1v) is 12.1. The van der Waals surface area contributed by atoms with Crippen LogP contribution in [0.5, 0.6) is 0 Å². The highest BCUT2D eigenvalue weighted by Crippen LogP contribution is 2.64. The lowest BCUT2D eigenvalue weighted by Gasteiger charge is -2.43. The molecular formula is C18H24F17NO3S. The van der Waals surface area contributed by atoms with Crippen LogP contribution in [0.15, 0.2) is 0 Å². The number of halogens is 17. The molecule has 0 heterocycles. The van der Waals surface area contributed by atoms with Crippen LogP contribution in [-0.2, 0) is 10.1 Å². The summed E-state index contributed by atoms with van der Waals surface area (Å²) < 4.78 is 251. The molecule has 0 spiro atoms. The molecule has 1 unspecified atom stereocenters. The zero-order chi connectivity index (χ0) is 33.4. The first kappa shape index (κ1) is 40.8. The Hall–Kier alpha value is -1.32. The lowest BCUT2D eigenvalue weighted by atomic mass is 9.88. The van der Waals surface area contributed by atoms with E-state index < -0.39 is 69.9 Å². The van der Waals surface area contributed by atoms with Gasteiger partial charge < -0.3 is 9.04 Å². The molecule has 0 aromatic carbocycles. The number of hydrogen-bond acceptors (Lipinski definition) is 3. The first-order chi connectivity index (χ1) is 17.1. The highest BCUT2D eigenvalue weighted by Gasteiger charge is 2.95. The molecule has 40 heavy (non-hydrogen) atoms. The molecule has 0 aromatic rings. The highest BCUT2D eigenvalue weighted by molar-refractivity contribution is 7.86. The van der Waals surface area contributed by atoms with Gasteiger partial charge in [0.15, 0.2) is 0 Å². The van der Waals surface area contributed by atoms with E-state index >= 15 is 0 Å². The van der Waals surface area contributed by atoms with Crippen molar-refractivity contribution in [2.45, 2.75) is 87.5 Å². The lowest BCUT2D eigenvalue weighted by Crippen LogP contribution is -2.75. The van der Waals surface area contributed by atoms with Gasteiger partial charge in [-0.15, -0.1) is 0 Å². The van der Waals surface area contributed by atoms with Crippen molar-refractivity contribution >= 4 is 10.1 Å². The molecule has 0 saturated carbocycles. The maximum absolute atomic E-state index is 13.3. The number of hydrogen-bond donors (Lipinski definition) is 0. The Balaban J connectivity index is 0. The molecule has 0 aromatic heterocycles. The minimum Gasteiger partial charge on any atom is -0.748 e. The molecule has 0 amide bonds. The summed E-state index contributed by atoms with van der Waals surface area (Å²) in [6.45, 7) is 13.4. The third-order valence-electron chi connectivity index (χ3n) is 6.37. The van der Waals surface area contributed by atoms with Crippen LogP contribution in [0.25, 0.3) is 0 Å². The summed E-state index contributed by atoms with van der Waals surface area (Å²) in [5.74, 6) is -58.7. The smallest absolute Gasteiger partial charge is 0.460 e. The summed E-state index contributed by atoms with van der Waals surface area (Å²) in [6, 6.07) is 0. The van der Waals surface area contributed by atoms with E-state index in [-0.39, 0.29) is 0 Å². The van der Waals surface area contributed by atoms with Crippen LogP contribution in [0.3, 0.4) is 0 Å². The molecule has 0 saturated heterocycles. The van der Waals surface area contributed by atoms with Crippen LogP contribution >= 0.6 is 0 Å². The molecule has 1 atom stereocenters. The van der Waals surface area contributed by atoms with E-state index in [1.54, 1.807) is 0 Å². The fourth-order valence-corrected chi connectivity index (χ4v) is 3.46. The van der Waals surface area contributed by atoms with Crippen molar-refractivity contribution in [3.05, 3.63) is 0 Å². The zero-order valence-corrected chi connectivity index (χ0v) is 21.7. The molecule has 0 aliphatic carbocycles.